The van der Waals surface area contributed by atoms with E-state index in [2.05, 4.69) is 11.9 Å². The van der Waals surface area contributed by atoms with Crippen LogP contribution in [0.25, 0.3) is 0 Å². The molecule has 2 rings (SSSR count). The fourth-order valence-electron chi connectivity index (χ4n) is 1.89. The van der Waals surface area contributed by atoms with Gasteiger partial charge in [0.25, 0.3) is 5.69 Å². The minimum atomic E-state index is -0.446. The standard InChI is InChI=1S/C13H12N2O3/c1-2-3-4-11-12(14-13(11)16)9-5-7-10(8-6-9)15(17)18/h2-8,11-12H,1H2,(H,14,16)/b4-3+/t11-,12-/m1/s1. The lowest BCUT2D eigenvalue weighted by Crippen LogP contribution is -2.50. The third kappa shape index (κ3) is 2.15. The van der Waals surface area contributed by atoms with E-state index in [9.17, 15) is 14.9 Å². The van der Waals surface area contributed by atoms with Crippen molar-refractivity contribution >= 4 is 11.6 Å². The first kappa shape index (κ1) is 12.0. The highest BCUT2D eigenvalue weighted by Crippen LogP contribution is 2.32. The Morgan fingerprint density at radius 3 is 2.50 bits per heavy atom. The Morgan fingerprint density at radius 1 is 1.33 bits per heavy atom. The van der Waals surface area contributed by atoms with Crippen molar-refractivity contribution in [3.8, 4) is 0 Å². The van der Waals surface area contributed by atoms with Crippen molar-refractivity contribution in [1.82, 2.24) is 5.32 Å². The van der Waals surface area contributed by atoms with Gasteiger partial charge in [-0.15, -0.1) is 0 Å². The van der Waals surface area contributed by atoms with Gasteiger partial charge in [0.15, 0.2) is 0 Å². The van der Waals surface area contributed by atoms with Crippen LogP contribution in [-0.4, -0.2) is 10.8 Å². The first-order valence-corrected chi connectivity index (χ1v) is 5.47. The minimum Gasteiger partial charge on any atom is -0.348 e. The van der Waals surface area contributed by atoms with E-state index in [0.29, 0.717) is 0 Å². The van der Waals surface area contributed by atoms with Crippen LogP contribution in [0, 0.1) is 16.0 Å². The quantitative estimate of drug-likeness (QED) is 0.381. The predicted molar refractivity (Wildman–Crippen MR) is 66.8 cm³/mol. The Kier molecular flexibility index (Phi) is 3.23. The molecule has 1 fully saturated rings. The van der Waals surface area contributed by atoms with Gasteiger partial charge in [0.05, 0.1) is 16.9 Å². The molecule has 1 aromatic rings. The van der Waals surface area contributed by atoms with Crippen molar-refractivity contribution in [1.29, 1.82) is 0 Å². The Bertz CT molecular complexity index is 520. The molecule has 5 heteroatoms. The maximum absolute atomic E-state index is 11.4. The zero-order chi connectivity index (χ0) is 13.1. The normalized spacial score (nSPS) is 22.3. The molecule has 0 spiro atoms. The SMILES string of the molecule is C=C/C=C/[C@H]1C(=O)N[C@@H]1c1ccc([N+](=O)[O-])cc1. The lowest BCUT2D eigenvalue weighted by atomic mass is 9.85. The van der Waals surface area contributed by atoms with Crippen LogP contribution in [0.15, 0.2) is 49.1 Å². The lowest BCUT2D eigenvalue weighted by molar-refractivity contribution is -0.384. The molecule has 1 aliphatic rings. The van der Waals surface area contributed by atoms with Crippen molar-refractivity contribution < 1.29 is 9.72 Å². The molecule has 0 radical (unpaired) electrons. The van der Waals surface area contributed by atoms with Gasteiger partial charge in [-0.25, -0.2) is 0 Å². The fraction of sp³-hybridized carbons (Fsp3) is 0.154. The Labute approximate surface area is 104 Å². The zero-order valence-corrected chi connectivity index (χ0v) is 9.58. The van der Waals surface area contributed by atoms with Crippen LogP contribution in [0.3, 0.4) is 0 Å². The highest BCUT2D eigenvalue weighted by Gasteiger charge is 2.38. The van der Waals surface area contributed by atoms with Gasteiger partial charge in [-0.2, -0.15) is 0 Å². The highest BCUT2D eigenvalue weighted by atomic mass is 16.6. The summed E-state index contributed by atoms with van der Waals surface area (Å²) in [6.45, 7) is 3.55. The molecule has 0 aliphatic carbocycles. The number of amides is 1. The summed E-state index contributed by atoms with van der Waals surface area (Å²) in [4.78, 5) is 21.5. The number of nitrogens with zero attached hydrogens (tertiary/aromatic N) is 1. The maximum atomic E-state index is 11.4. The number of β-lactam (4-membered cyclic amide) rings is 1. The van der Waals surface area contributed by atoms with Crippen LogP contribution in [-0.2, 0) is 4.79 Å². The molecule has 1 heterocycles. The summed E-state index contributed by atoms with van der Waals surface area (Å²) in [5.74, 6) is -0.277. The van der Waals surface area contributed by atoms with Crippen LogP contribution in [0.2, 0.25) is 0 Å². The van der Waals surface area contributed by atoms with Crippen LogP contribution in [0.1, 0.15) is 11.6 Å². The summed E-state index contributed by atoms with van der Waals surface area (Å²) in [6.07, 6.45) is 5.11. The second-order valence-electron chi connectivity index (χ2n) is 3.98. The van der Waals surface area contributed by atoms with Crippen molar-refractivity contribution in [3.05, 3.63) is 64.8 Å². The molecular weight excluding hydrogens is 232 g/mol. The molecular formula is C13H12N2O3. The average molecular weight is 244 g/mol. The molecule has 0 saturated carbocycles. The van der Waals surface area contributed by atoms with Gasteiger partial charge >= 0.3 is 0 Å². The Hall–Kier alpha value is -2.43. The molecule has 0 unspecified atom stereocenters. The summed E-state index contributed by atoms with van der Waals surface area (Å²) in [5, 5.41) is 13.3. The molecule has 0 aromatic heterocycles. The van der Waals surface area contributed by atoms with Gasteiger partial charge < -0.3 is 5.32 Å². The summed E-state index contributed by atoms with van der Waals surface area (Å²) in [6, 6.07) is 6.09. The van der Waals surface area contributed by atoms with Gasteiger partial charge in [-0.1, -0.05) is 36.9 Å². The Balaban J connectivity index is 2.17. The molecule has 1 aromatic carbocycles. The van der Waals surface area contributed by atoms with Gasteiger partial charge in [0, 0.05) is 12.1 Å². The van der Waals surface area contributed by atoms with E-state index in [1.807, 2.05) is 0 Å². The third-order valence-corrected chi connectivity index (χ3v) is 2.88. The van der Waals surface area contributed by atoms with Gasteiger partial charge in [0.1, 0.15) is 0 Å². The number of nitro benzene ring substituents is 1. The highest BCUT2D eigenvalue weighted by molar-refractivity contribution is 5.88. The number of non-ortho nitro benzene ring substituents is 1. The van der Waals surface area contributed by atoms with E-state index in [1.165, 1.54) is 12.1 Å². The average Bonchev–Trinajstić information content (AvgIpc) is 2.36. The van der Waals surface area contributed by atoms with E-state index in [4.69, 9.17) is 0 Å². The van der Waals surface area contributed by atoms with Crippen LogP contribution >= 0.6 is 0 Å². The summed E-state index contributed by atoms with van der Waals surface area (Å²) in [7, 11) is 0. The molecule has 5 nitrogen and oxygen atoms in total. The van der Waals surface area contributed by atoms with Crippen LogP contribution in [0.5, 0.6) is 0 Å². The predicted octanol–water partition coefficient (Wildman–Crippen LogP) is 2.12. The molecule has 18 heavy (non-hydrogen) atoms. The molecule has 1 amide bonds. The number of carbonyl (C=O) groups excluding carboxylic acids is 1. The first-order chi connectivity index (χ1) is 8.63. The van der Waals surface area contributed by atoms with E-state index >= 15 is 0 Å². The number of hydrogen-bond acceptors (Lipinski definition) is 3. The molecule has 1 aliphatic heterocycles. The number of hydrogen-bond donors (Lipinski definition) is 1. The van der Waals surface area contributed by atoms with Crippen molar-refractivity contribution in [3.63, 3.8) is 0 Å². The smallest absolute Gasteiger partial charge is 0.269 e. The summed E-state index contributed by atoms with van der Waals surface area (Å²) < 4.78 is 0. The van der Waals surface area contributed by atoms with E-state index < -0.39 is 4.92 Å². The number of nitro groups is 1. The van der Waals surface area contributed by atoms with Gasteiger partial charge in [-0.05, 0) is 5.56 Å². The molecule has 0 bridgehead atoms. The topological polar surface area (TPSA) is 72.2 Å². The largest absolute Gasteiger partial charge is 0.348 e. The third-order valence-electron chi connectivity index (χ3n) is 2.88. The number of allylic oxidation sites excluding steroid dienone is 2. The van der Waals surface area contributed by atoms with Crippen molar-refractivity contribution in [2.75, 3.05) is 0 Å². The lowest BCUT2D eigenvalue weighted by Gasteiger charge is -2.35. The van der Waals surface area contributed by atoms with Crippen molar-refractivity contribution in [2.45, 2.75) is 6.04 Å². The van der Waals surface area contributed by atoms with E-state index in [-0.39, 0.29) is 23.6 Å². The second kappa shape index (κ2) is 4.83. The zero-order valence-electron chi connectivity index (χ0n) is 9.58. The van der Waals surface area contributed by atoms with Crippen LogP contribution in [0.4, 0.5) is 5.69 Å². The minimum absolute atomic E-state index is 0.0441. The number of nitrogens with one attached hydrogen (secondary N) is 1. The van der Waals surface area contributed by atoms with Gasteiger partial charge in [-0.3, -0.25) is 14.9 Å². The first-order valence-electron chi connectivity index (χ1n) is 5.47. The molecule has 2 atom stereocenters. The summed E-state index contributed by atoms with van der Waals surface area (Å²) >= 11 is 0. The number of benzene rings is 1. The second-order valence-corrected chi connectivity index (χ2v) is 3.98. The van der Waals surface area contributed by atoms with E-state index in [1.54, 1.807) is 30.4 Å². The number of rotatable bonds is 4. The monoisotopic (exact) mass is 244 g/mol. The molecule has 1 saturated heterocycles. The number of carbonyl (C=O) groups is 1. The summed E-state index contributed by atoms with van der Waals surface area (Å²) in [5.41, 5.74) is 0.904. The maximum Gasteiger partial charge on any atom is 0.269 e. The fourth-order valence-corrected chi connectivity index (χ4v) is 1.89. The Morgan fingerprint density at radius 2 is 2.00 bits per heavy atom. The molecule has 92 valence electrons. The van der Waals surface area contributed by atoms with E-state index in [0.717, 1.165) is 5.56 Å². The van der Waals surface area contributed by atoms with Gasteiger partial charge in [0.2, 0.25) is 5.91 Å². The van der Waals surface area contributed by atoms with Crippen molar-refractivity contribution in [2.24, 2.45) is 5.92 Å². The molecule has 1 N–H and O–H groups in total. The van der Waals surface area contributed by atoms with Crippen LogP contribution < -0.4 is 5.32 Å².